The predicted molar refractivity (Wildman–Crippen MR) is 165 cm³/mol. The van der Waals surface area contributed by atoms with Crippen LogP contribution in [0.25, 0.3) is 0 Å². The first-order valence-corrected chi connectivity index (χ1v) is 14.4. The Kier molecular flexibility index (Phi) is 10.5. The zero-order chi connectivity index (χ0) is 33.4. The molecular weight excluding hydrogens is 609 g/mol. The number of alkyl halides is 3. The number of fused-ring (bicyclic) bond motifs is 2. The fraction of sp³-hybridized carbons (Fsp3) is 0.464. The summed E-state index contributed by atoms with van der Waals surface area (Å²) in [7, 11) is 0. The lowest BCUT2D eigenvalue weighted by Crippen LogP contribution is -2.56. The number of anilines is 5. The summed E-state index contributed by atoms with van der Waals surface area (Å²) in [4.78, 5) is 45.9. The quantitative estimate of drug-likeness (QED) is 0.212. The number of benzene rings is 1. The molecule has 15 nitrogen and oxygen atoms in total. The molecule has 248 valence electrons. The van der Waals surface area contributed by atoms with E-state index in [9.17, 15) is 22.8 Å². The van der Waals surface area contributed by atoms with Gasteiger partial charge in [0.2, 0.25) is 17.8 Å². The Labute approximate surface area is 263 Å². The SMILES string of the molecule is CC1(C)CC(C)(C)NC(=O)Nc2ccc(cc2)CNc2nc(nc(OCC(F)(F)F)n2)Nc2cnc(nc2)NCCCNC(=O)N1. The van der Waals surface area contributed by atoms with Gasteiger partial charge in [0.15, 0.2) is 6.61 Å². The molecular formula is C28H37F3N12O3. The number of carbonyl (C=O) groups is 2. The first-order valence-electron chi connectivity index (χ1n) is 14.4. The number of rotatable bonds is 2. The lowest BCUT2D eigenvalue weighted by atomic mass is 9.87. The fourth-order valence-electron chi connectivity index (χ4n) is 4.71. The summed E-state index contributed by atoms with van der Waals surface area (Å²) in [5.41, 5.74) is 0.347. The van der Waals surface area contributed by atoms with Gasteiger partial charge in [-0.3, -0.25) is 0 Å². The zero-order valence-electron chi connectivity index (χ0n) is 25.8. The number of hydrogen-bond acceptors (Lipinski definition) is 11. The Morgan fingerprint density at radius 2 is 1.39 bits per heavy atom. The minimum Gasteiger partial charge on any atom is -0.454 e. The highest BCUT2D eigenvalue weighted by molar-refractivity contribution is 5.89. The van der Waals surface area contributed by atoms with E-state index in [1.165, 1.54) is 12.4 Å². The maximum atomic E-state index is 12.8. The van der Waals surface area contributed by atoms with E-state index in [2.05, 4.69) is 62.1 Å². The van der Waals surface area contributed by atoms with Crippen molar-refractivity contribution in [2.75, 3.05) is 41.0 Å². The summed E-state index contributed by atoms with van der Waals surface area (Å²) in [6.45, 7) is 6.94. The number of nitrogens with zero attached hydrogens (tertiary/aromatic N) is 5. The highest BCUT2D eigenvalue weighted by Crippen LogP contribution is 2.22. The minimum absolute atomic E-state index is 0.0421. The van der Waals surface area contributed by atoms with Gasteiger partial charge in [-0.2, -0.15) is 28.1 Å². The molecule has 6 rings (SSSR count). The van der Waals surface area contributed by atoms with Crippen molar-refractivity contribution < 1.29 is 27.5 Å². The van der Waals surface area contributed by atoms with Crippen molar-refractivity contribution in [2.24, 2.45) is 0 Å². The number of carbonyl (C=O) groups excluding carboxylic acids is 2. The number of halogens is 3. The molecule has 0 atom stereocenters. The number of urea groups is 2. The van der Waals surface area contributed by atoms with Crippen molar-refractivity contribution in [3.05, 3.63) is 42.2 Å². The highest BCUT2D eigenvalue weighted by Gasteiger charge is 2.32. The molecule has 3 aliphatic rings. The van der Waals surface area contributed by atoms with Gasteiger partial charge in [0, 0.05) is 36.4 Å². The van der Waals surface area contributed by atoms with Crippen molar-refractivity contribution in [1.29, 1.82) is 0 Å². The second-order valence-corrected chi connectivity index (χ2v) is 11.8. The first-order chi connectivity index (χ1) is 21.6. The lowest BCUT2D eigenvalue weighted by Gasteiger charge is -2.36. The van der Waals surface area contributed by atoms with Gasteiger partial charge in [0.05, 0.1) is 18.1 Å². The van der Waals surface area contributed by atoms with E-state index in [1.807, 2.05) is 27.7 Å². The van der Waals surface area contributed by atoms with Gasteiger partial charge in [-0.05, 0) is 58.2 Å². The van der Waals surface area contributed by atoms with E-state index in [4.69, 9.17) is 4.74 Å². The second-order valence-electron chi connectivity index (χ2n) is 11.8. The Morgan fingerprint density at radius 3 is 2.07 bits per heavy atom. The van der Waals surface area contributed by atoms with E-state index in [0.29, 0.717) is 43.3 Å². The van der Waals surface area contributed by atoms with Gasteiger partial charge in [-0.15, -0.1) is 0 Å². The monoisotopic (exact) mass is 646 g/mol. The van der Waals surface area contributed by atoms with Crippen molar-refractivity contribution in [2.45, 2.75) is 64.3 Å². The number of hydrogen-bond donors (Lipinski definition) is 7. The van der Waals surface area contributed by atoms with Crippen LogP contribution in [0.5, 0.6) is 6.01 Å². The van der Waals surface area contributed by atoms with E-state index in [-0.39, 0.29) is 24.5 Å². The molecule has 18 heteroatoms. The Morgan fingerprint density at radius 1 is 0.761 bits per heavy atom. The normalized spacial score (nSPS) is 17.5. The van der Waals surface area contributed by atoms with Crippen LogP contribution in [0.1, 0.15) is 46.1 Å². The summed E-state index contributed by atoms with van der Waals surface area (Å²) in [5, 5.41) is 20.3. The molecule has 0 fully saturated rings. The summed E-state index contributed by atoms with van der Waals surface area (Å²) < 4.78 is 43.2. The van der Waals surface area contributed by atoms with Gasteiger partial charge < -0.3 is 42.0 Å². The lowest BCUT2D eigenvalue weighted by molar-refractivity contribution is -0.154. The molecule has 2 aromatic heterocycles. The van der Waals surface area contributed by atoms with Crippen LogP contribution in [0.15, 0.2) is 36.7 Å². The van der Waals surface area contributed by atoms with Gasteiger partial charge >= 0.3 is 24.2 Å². The van der Waals surface area contributed by atoms with Gasteiger partial charge in [-0.25, -0.2) is 19.6 Å². The number of ether oxygens (including phenoxy) is 1. The van der Waals surface area contributed by atoms with Crippen LogP contribution in [-0.4, -0.2) is 73.9 Å². The van der Waals surface area contributed by atoms with Crippen molar-refractivity contribution in [1.82, 2.24) is 40.9 Å². The average Bonchev–Trinajstić information content (AvgIpc) is 2.94. The number of amides is 4. The zero-order valence-corrected chi connectivity index (χ0v) is 25.8. The van der Waals surface area contributed by atoms with Crippen molar-refractivity contribution in [3.63, 3.8) is 0 Å². The van der Waals surface area contributed by atoms with Crippen LogP contribution in [0, 0.1) is 0 Å². The minimum atomic E-state index is -4.60. The molecule has 0 aliphatic carbocycles. The van der Waals surface area contributed by atoms with Crippen LogP contribution in [-0.2, 0) is 6.54 Å². The molecule has 0 saturated heterocycles. The maximum absolute atomic E-state index is 12.8. The molecule has 3 aliphatic heterocycles. The largest absolute Gasteiger partial charge is 0.454 e. The second kappa shape index (κ2) is 14.3. The van der Waals surface area contributed by atoms with Crippen LogP contribution in [0.2, 0.25) is 0 Å². The summed E-state index contributed by atoms with van der Waals surface area (Å²) >= 11 is 0. The third-order valence-corrected chi connectivity index (χ3v) is 6.26. The van der Waals surface area contributed by atoms with Crippen molar-refractivity contribution >= 4 is 41.3 Å². The summed E-state index contributed by atoms with van der Waals surface area (Å²) in [5.74, 6) is 0.183. The van der Waals surface area contributed by atoms with Gasteiger partial charge in [-0.1, -0.05) is 12.1 Å². The topological polar surface area (TPSA) is 192 Å². The summed E-state index contributed by atoms with van der Waals surface area (Å²) in [6, 6.07) is 5.60. The van der Waals surface area contributed by atoms with Crippen molar-refractivity contribution in [3.8, 4) is 6.01 Å². The number of aromatic nitrogens is 5. The Bertz CT molecular complexity index is 1490. The molecule has 0 spiro atoms. The predicted octanol–water partition coefficient (Wildman–Crippen LogP) is 4.14. The van der Waals surface area contributed by atoms with E-state index < -0.39 is 35.9 Å². The molecule has 3 aromatic rings. The van der Waals surface area contributed by atoms with Crippen LogP contribution >= 0.6 is 0 Å². The Balaban J connectivity index is 1.53. The molecule has 46 heavy (non-hydrogen) atoms. The molecule has 4 amide bonds. The standard InChI is InChI=1S/C28H37F3N12O3/c1-26(2)15-27(3,4)43-24(45)38-18-8-6-17(7-9-18)12-34-21-39-22(41-25(40-21)46-16-28(29,30)31)37-19-13-35-20(36-14-19)32-10-5-11-33-23(44)42-26/h6-9,13-14H,5,10-12,15-16H2,1-4H3,(H,32,35,36)(H2,33,42,44)(H2,38,43,45)(H2,34,37,39,40,41). The summed E-state index contributed by atoms with van der Waals surface area (Å²) in [6.07, 6.45) is -0.690. The fourth-order valence-corrected chi connectivity index (χ4v) is 4.71. The van der Waals surface area contributed by atoms with Crippen LogP contribution in [0.4, 0.5) is 52.0 Å². The molecule has 5 heterocycles. The van der Waals surface area contributed by atoms with Gasteiger partial charge in [0.25, 0.3) is 0 Å². The smallest absolute Gasteiger partial charge is 0.422 e. The van der Waals surface area contributed by atoms with Gasteiger partial charge in [0.1, 0.15) is 0 Å². The van der Waals surface area contributed by atoms with E-state index in [0.717, 1.165) is 5.56 Å². The number of nitrogens with one attached hydrogen (secondary N) is 7. The van der Waals surface area contributed by atoms with E-state index in [1.54, 1.807) is 24.3 Å². The molecule has 1 aromatic carbocycles. The Hall–Kier alpha value is -5.16. The third kappa shape index (κ3) is 11.4. The average molecular weight is 647 g/mol. The molecule has 6 bridgehead atoms. The van der Waals surface area contributed by atoms with Crippen LogP contribution in [0.3, 0.4) is 0 Å². The van der Waals surface area contributed by atoms with Crippen LogP contribution < -0.4 is 42.0 Å². The molecule has 0 radical (unpaired) electrons. The molecule has 7 N–H and O–H groups in total. The first kappa shape index (κ1) is 33.7. The third-order valence-electron chi connectivity index (χ3n) is 6.26. The molecule has 0 saturated carbocycles. The van der Waals surface area contributed by atoms with E-state index >= 15 is 0 Å². The highest BCUT2D eigenvalue weighted by atomic mass is 19.4. The molecule has 0 unspecified atom stereocenters. The maximum Gasteiger partial charge on any atom is 0.422 e.